The molecule has 0 aliphatic heterocycles. The molecule has 27 heavy (non-hydrogen) atoms. The van der Waals surface area contributed by atoms with Gasteiger partial charge in [0.2, 0.25) is 0 Å². The first-order valence-corrected chi connectivity index (χ1v) is 10.6. The number of carbonyl (C=O) groups is 1. The summed E-state index contributed by atoms with van der Waals surface area (Å²) in [5.74, 6) is 1.14. The lowest BCUT2D eigenvalue weighted by molar-refractivity contribution is 0.0487. The Morgan fingerprint density at radius 1 is 1.33 bits per heavy atom. The summed E-state index contributed by atoms with van der Waals surface area (Å²) >= 11 is 3.56. The molecule has 0 bridgehead atoms. The highest BCUT2D eigenvalue weighted by Gasteiger charge is 2.22. The van der Waals surface area contributed by atoms with Crippen molar-refractivity contribution in [1.82, 2.24) is 10.3 Å². The number of carbonyl (C=O) groups excluding carboxylic acids is 1. The van der Waals surface area contributed by atoms with Crippen LogP contribution in [0.4, 0.5) is 4.79 Å². The zero-order valence-corrected chi connectivity index (χ0v) is 19.4. The fourth-order valence-electron chi connectivity index (χ4n) is 2.59. The van der Waals surface area contributed by atoms with E-state index < -0.39 is 5.60 Å². The smallest absolute Gasteiger partial charge is 0.407 e. The topological polar surface area (TPSA) is 60.5 Å². The Labute approximate surface area is 172 Å². The molecule has 0 aromatic carbocycles. The van der Waals surface area contributed by atoms with Crippen molar-refractivity contribution < 1.29 is 14.3 Å². The van der Waals surface area contributed by atoms with E-state index in [1.807, 2.05) is 27.7 Å². The second kappa shape index (κ2) is 10.9. The van der Waals surface area contributed by atoms with Crippen molar-refractivity contribution in [3.05, 3.63) is 21.9 Å². The van der Waals surface area contributed by atoms with Crippen LogP contribution >= 0.6 is 15.9 Å². The fourth-order valence-corrected chi connectivity index (χ4v) is 3.17. The monoisotopic (exact) mass is 442 g/mol. The van der Waals surface area contributed by atoms with Crippen molar-refractivity contribution >= 4 is 22.0 Å². The number of rotatable bonds is 9. The predicted octanol–water partition coefficient (Wildman–Crippen LogP) is 5.81. The molecular weight excluding hydrogens is 408 g/mol. The van der Waals surface area contributed by atoms with E-state index in [9.17, 15) is 4.79 Å². The maximum absolute atomic E-state index is 12.1. The van der Waals surface area contributed by atoms with Gasteiger partial charge in [-0.3, -0.25) is 0 Å². The Hall–Kier alpha value is -1.30. The number of halogens is 1. The third kappa shape index (κ3) is 8.96. The van der Waals surface area contributed by atoms with Gasteiger partial charge in [0, 0.05) is 6.04 Å². The van der Waals surface area contributed by atoms with Crippen LogP contribution in [0.25, 0.3) is 0 Å². The first kappa shape index (κ1) is 23.7. The van der Waals surface area contributed by atoms with Gasteiger partial charge >= 0.3 is 6.09 Å². The van der Waals surface area contributed by atoms with Gasteiger partial charge in [0.1, 0.15) is 16.0 Å². The average molecular weight is 443 g/mol. The van der Waals surface area contributed by atoms with E-state index in [1.54, 1.807) is 0 Å². The van der Waals surface area contributed by atoms with Crippen molar-refractivity contribution in [3.63, 3.8) is 0 Å². The molecular formula is C21H35BrN2O3. The van der Waals surface area contributed by atoms with Crippen LogP contribution in [0.3, 0.4) is 0 Å². The molecule has 0 fully saturated rings. The van der Waals surface area contributed by atoms with E-state index in [2.05, 4.69) is 53.1 Å². The summed E-state index contributed by atoms with van der Waals surface area (Å²) in [5.41, 5.74) is 1.47. The Bertz CT molecular complexity index is 612. The van der Waals surface area contributed by atoms with Crippen molar-refractivity contribution in [2.24, 2.45) is 5.92 Å². The summed E-state index contributed by atoms with van der Waals surface area (Å²) in [5, 5.41) is 3.00. The largest absolute Gasteiger partial charge is 0.492 e. The van der Waals surface area contributed by atoms with E-state index in [-0.39, 0.29) is 12.1 Å². The maximum atomic E-state index is 12.1. The van der Waals surface area contributed by atoms with E-state index in [1.165, 1.54) is 0 Å². The molecule has 0 saturated carbocycles. The number of unbranched alkanes of at least 4 members (excludes halogenated alkanes) is 1. The van der Waals surface area contributed by atoms with Crippen LogP contribution in [-0.2, 0) is 11.2 Å². The number of pyridine rings is 1. The molecule has 0 aliphatic carbocycles. The Kier molecular flexibility index (Phi) is 9.57. The summed E-state index contributed by atoms with van der Waals surface area (Å²) in [7, 11) is 0. The number of nitrogens with one attached hydrogen (secondary N) is 1. The average Bonchev–Trinajstić information content (AvgIpc) is 2.52. The molecule has 1 heterocycles. The van der Waals surface area contributed by atoms with Gasteiger partial charge in [-0.2, -0.15) is 0 Å². The molecule has 1 N–H and O–H groups in total. The Morgan fingerprint density at radius 2 is 2.00 bits per heavy atom. The minimum absolute atomic E-state index is 0.0255. The summed E-state index contributed by atoms with van der Waals surface area (Å²) < 4.78 is 12.1. The summed E-state index contributed by atoms with van der Waals surface area (Å²) in [6, 6.07) is 2.09. The number of hydrogen-bond donors (Lipinski definition) is 1. The molecule has 0 saturated heterocycles. The molecule has 5 nitrogen and oxygen atoms in total. The van der Waals surface area contributed by atoms with Crippen LogP contribution in [0.5, 0.6) is 5.75 Å². The van der Waals surface area contributed by atoms with Gasteiger partial charge in [-0.1, -0.05) is 27.2 Å². The molecule has 6 heteroatoms. The van der Waals surface area contributed by atoms with E-state index in [0.717, 1.165) is 47.3 Å². The number of aromatic nitrogens is 1. The summed E-state index contributed by atoms with van der Waals surface area (Å²) in [4.78, 5) is 16.7. The zero-order valence-electron chi connectivity index (χ0n) is 17.8. The van der Waals surface area contributed by atoms with Gasteiger partial charge in [-0.25, -0.2) is 9.78 Å². The third-order valence-electron chi connectivity index (χ3n) is 4.18. The number of alkyl carbamates (subject to hydrolysis) is 1. The van der Waals surface area contributed by atoms with E-state index in [0.29, 0.717) is 12.5 Å². The van der Waals surface area contributed by atoms with E-state index >= 15 is 0 Å². The summed E-state index contributed by atoms with van der Waals surface area (Å²) in [6.45, 7) is 14.6. The van der Waals surface area contributed by atoms with Gasteiger partial charge in [-0.05, 0) is 80.4 Å². The lowest BCUT2D eigenvalue weighted by Crippen LogP contribution is -2.42. The predicted molar refractivity (Wildman–Crippen MR) is 113 cm³/mol. The van der Waals surface area contributed by atoms with Crippen LogP contribution in [0.1, 0.15) is 72.1 Å². The number of amides is 1. The number of ether oxygens (including phenoxy) is 2. The van der Waals surface area contributed by atoms with Crippen molar-refractivity contribution in [3.8, 4) is 5.75 Å². The van der Waals surface area contributed by atoms with Crippen LogP contribution in [0, 0.1) is 12.8 Å². The van der Waals surface area contributed by atoms with Crippen LogP contribution in [0.2, 0.25) is 0 Å². The highest BCUT2D eigenvalue weighted by molar-refractivity contribution is 9.10. The van der Waals surface area contributed by atoms with Crippen LogP contribution in [-0.4, -0.2) is 29.3 Å². The number of aryl methyl sites for hydroxylation is 2. The molecule has 1 rings (SSSR count). The second-order valence-electron chi connectivity index (χ2n) is 8.26. The first-order valence-electron chi connectivity index (χ1n) is 9.81. The Balaban J connectivity index is 2.77. The lowest BCUT2D eigenvalue weighted by atomic mass is 9.97. The van der Waals surface area contributed by atoms with Gasteiger partial charge < -0.3 is 14.8 Å². The molecule has 1 amide bonds. The lowest BCUT2D eigenvalue weighted by Gasteiger charge is -2.26. The standard InChI is InChI=1S/C21H35BrN2O3/c1-8-9-12-26-18-13-16(19(22)23-15(18)4)10-11-17(14(2)3)24-20(25)27-21(5,6)7/h13-14,17H,8-12H2,1-7H3,(H,24,25)/t17-/m0/s1. The van der Waals surface area contributed by atoms with Crippen molar-refractivity contribution in [2.45, 2.75) is 85.8 Å². The minimum Gasteiger partial charge on any atom is -0.492 e. The van der Waals surface area contributed by atoms with Crippen molar-refractivity contribution in [2.75, 3.05) is 6.61 Å². The quantitative estimate of drug-likeness (QED) is 0.386. The SMILES string of the molecule is CCCCOc1cc(CC[C@H](NC(=O)OC(C)(C)C)C(C)C)c(Br)nc1C. The molecule has 1 aromatic heterocycles. The summed E-state index contributed by atoms with van der Waals surface area (Å²) in [6.07, 6.45) is 3.35. The highest BCUT2D eigenvalue weighted by Crippen LogP contribution is 2.26. The molecule has 1 atom stereocenters. The number of hydrogen-bond acceptors (Lipinski definition) is 4. The van der Waals surface area contributed by atoms with Gasteiger partial charge in [0.05, 0.1) is 12.3 Å². The molecule has 0 unspecified atom stereocenters. The second-order valence-corrected chi connectivity index (χ2v) is 9.01. The molecule has 0 spiro atoms. The molecule has 1 aromatic rings. The van der Waals surface area contributed by atoms with Crippen molar-refractivity contribution in [1.29, 1.82) is 0 Å². The highest BCUT2D eigenvalue weighted by atomic mass is 79.9. The van der Waals surface area contributed by atoms with Gasteiger partial charge in [-0.15, -0.1) is 0 Å². The molecule has 154 valence electrons. The van der Waals surface area contributed by atoms with E-state index in [4.69, 9.17) is 9.47 Å². The van der Waals surface area contributed by atoms with Gasteiger partial charge in [0.25, 0.3) is 0 Å². The maximum Gasteiger partial charge on any atom is 0.407 e. The van der Waals surface area contributed by atoms with Gasteiger partial charge in [0.15, 0.2) is 0 Å². The Morgan fingerprint density at radius 3 is 2.56 bits per heavy atom. The third-order valence-corrected chi connectivity index (χ3v) is 4.87. The van der Waals surface area contributed by atoms with Crippen LogP contribution in [0.15, 0.2) is 10.7 Å². The normalized spacial score (nSPS) is 12.8. The first-order chi connectivity index (χ1) is 12.5. The molecule has 0 radical (unpaired) electrons. The molecule has 0 aliphatic rings. The number of nitrogens with zero attached hydrogens (tertiary/aromatic N) is 1. The zero-order chi connectivity index (χ0) is 20.6. The van der Waals surface area contributed by atoms with Crippen LogP contribution < -0.4 is 10.1 Å². The minimum atomic E-state index is -0.500. The fraction of sp³-hybridized carbons (Fsp3) is 0.714.